The topological polar surface area (TPSA) is 32.3 Å². The number of carbonyl (C=O) groups is 1. The van der Waals surface area contributed by atoms with Gasteiger partial charge in [-0.3, -0.25) is 4.79 Å². The molecule has 1 aliphatic heterocycles. The highest BCUT2D eigenvalue weighted by Crippen LogP contribution is 2.25. The second-order valence-electron chi connectivity index (χ2n) is 5.62. The van der Waals surface area contributed by atoms with Crippen LogP contribution >= 0.6 is 0 Å². The summed E-state index contributed by atoms with van der Waals surface area (Å²) < 4.78 is 0. The van der Waals surface area contributed by atoms with Crippen LogP contribution in [0.5, 0.6) is 0 Å². The highest BCUT2D eigenvalue weighted by atomic mass is 16.2. The third kappa shape index (κ3) is 3.75. The summed E-state index contributed by atoms with van der Waals surface area (Å²) in [5.41, 5.74) is 2.17. The lowest BCUT2D eigenvalue weighted by atomic mass is 10.1. The minimum absolute atomic E-state index is 0.251. The Morgan fingerprint density at radius 1 is 1.25 bits per heavy atom. The van der Waals surface area contributed by atoms with Crippen molar-refractivity contribution in [2.24, 2.45) is 0 Å². The Hall–Kier alpha value is -1.51. The summed E-state index contributed by atoms with van der Waals surface area (Å²) in [5.74, 6) is 0.251. The first-order valence-electron chi connectivity index (χ1n) is 7.91. The summed E-state index contributed by atoms with van der Waals surface area (Å²) in [5, 5.41) is 3.62. The van der Waals surface area contributed by atoms with E-state index in [0.29, 0.717) is 12.5 Å². The van der Waals surface area contributed by atoms with E-state index < -0.39 is 0 Å². The summed E-state index contributed by atoms with van der Waals surface area (Å²) in [6.45, 7) is 5.31. The zero-order valence-corrected chi connectivity index (χ0v) is 12.7. The number of anilines is 2. The predicted molar refractivity (Wildman–Crippen MR) is 85.3 cm³/mol. The molecule has 3 heteroatoms. The molecule has 1 aromatic carbocycles. The maximum Gasteiger partial charge on any atom is 0.227 e. The van der Waals surface area contributed by atoms with Crippen LogP contribution in [0, 0.1) is 0 Å². The zero-order valence-electron chi connectivity index (χ0n) is 12.7. The van der Waals surface area contributed by atoms with Crippen LogP contribution in [0.2, 0.25) is 0 Å². The lowest BCUT2D eigenvalue weighted by molar-refractivity contribution is -0.117. The van der Waals surface area contributed by atoms with Gasteiger partial charge in [0.15, 0.2) is 0 Å². The maximum absolute atomic E-state index is 11.8. The monoisotopic (exact) mass is 274 g/mol. The second kappa shape index (κ2) is 7.32. The number of rotatable bonds is 7. The molecule has 0 radical (unpaired) electrons. The summed E-state index contributed by atoms with van der Waals surface area (Å²) in [6.07, 6.45) is 6.45. The number of hydrogen-bond donors (Lipinski definition) is 1. The van der Waals surface area contributed by atoms with Gasteiger partial charge in [0.2, 0.25) is 5.91 Å². The fraction of sp³-hybridized carbons (Fsp3) is 0.588. The maximum atomic E-state index is 11.8. The van der Waals surface area contributed by atoms with Crippen molar-refractivity contribution in [3.63, 3.8) is 0 Å². The molecular weight excluding hydrogens is 248 g/mol. The first-order valence-corrected chi connectivity index (χ1v) is 7.91. The molecule has 0 aromatic heterocycles. The van der Waals surface area contributed by atoms with Gasteiger partial charge in [-0.15, -0.1) is 0 Å². The minimum atomic E-state index is 0.251. The van der Waals surface area contributed by atoms with Crippen LogP contribution < -0.4 is 10.2 Å². The van der Waals surface area contributed by atoms with E-state index in [2.05, 4.69) is 31.3 Å². The molecular formula is C17H26N2O. The van der Waals surface area contributed by atoms with Gasteiger partial charge in [-0.05, 0) is 37.5 Å². The average molecular weight is 274 g/mol. The van der Waals surface area contributed by atoms with Crippen molar-refractivity contribution in [3.05, 3.63) is 24.3 Å². The van der Waals surface area contributed by atoms with E-state index in [1.54, 1.807) is 0 Å². The molecule has 0 aliphatic carbocycles. The van der Waals surface area contributed by atoms with Crippen molar-refractivity contribution in [2.45, 2.75) is 58.4 Å². The molecule has 3 nitrogen and oxygen atoms in total. The molecule has 1 aromatic rings. The zero-order chi connectivity index (χ0) is 14.4. The SMILES string of the molecule is CCCC(CCC)Nc1cccc(N2CCCC2=O)c1. The van der Waals surface area contributed by atoms with Gasteiger partial charge in [0.1, 0.15) is 0 Å². The highest BCUT2D eigenvalue weighted by Gasteiger charge is 2.21. The molecule has 1 aliphatic rings. The number of hydrogen-bond acceptors (Lipinski definition) is 2. The Kier molecular flexibility index (Phi) is 5.45. The molecule has 20 heavy (non-hydrogen) atoms. The number of benzene rings is 1. The van der Waals surface area contributed by atoms with Gasteiger partial charge in [-0.1, -0.05) is 32.8 Å². The minimum Gasteiger partial charge on any atom is -0.382 e. The summed E-state index contributed by atoms with van der Waals surface area (Å²) in [7, 11) is 0. The van der Waals surface area contributed by atoms with Gasteiger partial charge >= 0.3 is 0 Å². The van der Waals surface area contributed by atoms with Gasteiger partial charge in [-0.2, -0.15) is 0 Å². The normalized spacial score (nSPS) is 15.2. The van der Waals surface area contributed by atoms with Crippen LogP contribution in [0.15, 0.2) is 24.3 Å². The molecule has 1 saturated heterocycles. The van der Waals surface area contributed by atoms with Gasteiger partial charge in [0.05, 0.1) is 0 Å². The third-order valence-corrected chi connectivity index (χ3v) is 3.88. The lowest BCUT2D eigenvalue weighted by Gasteiger charge is -2.21. The molecule has 1 amide bonds. The molecule has 0 atom stereocenters. The van der Waals surface area contributed by atoms with Crippen LogP contribution in [0.4, 0.5) is 11.4 Å². The largest absolute Gasteiger partial charge is 0.382 e. The van der Waals surface area contributed by atoms with E-state index in [4.69, 9.17) is 0 Å². The fourth-order valence-electron chi connectivity index (χ4n) is 2.91. The van der Waals surface area contributed by atoms with Crippen LogP contribution in [0.3, 0.4) is 0 Å². The van der Waals surface area contributed by atoms with E-state index in [1.165, 1.54) is 25.7 Å². The quantitative estimate of drug-likeness (QED) is 0.808. The lowest BCUT2D eigenvalue weighted by Crippen LogP contribution is -2.24. The Labute approximate surface area is 122 Å². The molecule has 0 saturated carbocycles. The van der Waals surface area contributed by atoms with Crippen LogP contribution in [-0.2, 0) is 4.79 Å². The van der Waals surface area contributed by atoms with Crippen molar-refractivity contribution in [1.29, 1.82) is 0 Å². The van der Waals surface area contributed by atoms with Gasteiger partial charge in [0, 0.05) is 30.4 Å². The number of carbonyl (C=O) groups excluding carboxylic acids is 1. The van der Waals surface area contributed by atoms with Crippen molar-refractivity contribution >= 4 is 17.3 Å². The molecule has 2 rings (SSSR count). The number of nitrogens with zero attached hydrogens (tertiary/aromatic N) is 1. The second-order valence-corrected chi connectivity index (χ2v) is 5.62. The smallest absolute Gasteiger partial charge is 0.227 e. The van der Waals surface area contributed by atoms with Gasteiger partial charge < -0.3 is 10.2 Å². The van der Waals surface area contributed by atoms with Crippen molar-refractivity contribution in [2.75, 3.05) is 16.8 Å². The first-order chi connectivity index (χ1) is 9.74. The van der Waals surface area contributed by atoms with E-state index in [0.717, 1.165) is 24.3 Å². The van der Waals surface area contributed by atoms with Gasteiger partial charge in [-0.25, -0.2) is 0 Å². The Morgan fingerprint density at radius 3 is 2.60 bits per heavy atom. The van der Waals surface area contributed by atoms with E-state index >= 15 is 0 Å². The Balaban J connectivity index is 2.06. The predicted octanol–water partition coefficient (Wildman–Crippen LogP) is 4.19. The summed E-state index contributed by atoms with van der Waals surface area (Å²) in [4.78, 5) is 13.7. The van der Waals surface area contributed by atoms with Crippen molar-refractivity contribution in [3.8, 4) is 0 Å². The van der Waals surface area contributed by atoms with E-state index in [1.807, 2.05) is 17.0 Å². The average Bonchev–Trinajstić information content (AvgIpc) is 2.86. The molecule has 1 fully saturated rings. The van der Waals surface area contributed by atoms with Crippen LogP contribution in [0.25, 0.3) is 0 Å². The third-order valence-electron chi connectivity index (χ3n) is 3.88. The number of amides is 1. The summed E-state index contributed by atoms with van der Waals surface area (Å²) in [6, 6.07) is 8.82. The number of nitrogens with one attached hydrogen (secondary N) is 1. The van der Waals surface area contributed by atoms with E-state index in [9.17, 15) is 4.79 Å². The fourth-order valence-corrected chi connectivity index (χ4v) is 2.91. The molecule has 1 N–H and O–H groups in total. The van der Waals surface area contributed by atoms with E-state index in [-0.39, 0.29) is 5.91 Å². The molecule has 1 heterocycles. The molecule has 0 bridgehead atoms. The first kappa shape index (κ1) is 14.9. The Bertz CT molecular complexity index is 438. The van der Waals surface area contributed by atoms with Crippen molar-refractivity contribution in [1.82, 2.24) is 0 Å². The van der Waals surface area contributed by atoms with Gasteiger partial charge in [0.25, 0.3) is 0 Å². The standard InChI is InChI=1S/C17H26N2O/c1-3-7-14(8-4-2)18-15-9-5-10-16(13-15)19-12-6-11-17(19)20/h5,9-10,13-14,18H,3-4,6-8,11-12H2,1-2H3. The molecule has 0 spiro atoms. The highest BCUT2D eigenvalue weighted by molar-refractivity contribution is 5.95. The Morgan fingerprint density at radius 2 is 2.00 bits per heavy atom. The van der Waals surface area contributed by atoms with Crippen molar-refractivity contribution < 1.29 is 4.79 Å². The van der Waals surface area contributed by atoms with Crippen LogP contribution in [0.1, 0.15) is 52.4 Å². The summed E-state index contributed by atoms with van der Waals surface area (Å²) >= 11 is 0. The molecule has 110 valence electrons. The van der Waals surface area contributed by atoms with Crippen LogP contribution in [-0.4, -0.2) is 18.5 Å². The molecule has 0 unspecified atom stereocenters.